The van der Waals surface area contributed by atoms with Gasteiger partial charge in [0.1, 0.15) is 23.8 Å². The molecule has 0 unspecified atom stereocenters. The lowest BCUT2D eigenvalue weighted by Crippen LogP contribution is -2.52. The normalized spacial score (nSPS) is 51.6. The largest absolute Gasteiger partial charge is 0.463 e. The Bertz CT molecular complexity index is 4540. The smallest absolute Gasteiger partial charge is 0.302 e. The number of ketones is 2. The van der Waals surface area contributed by atoms with Gasteiger partial charge in [-0.05, 0) is 451 Å². The van der Waals surface area contributed by atoms with Crippen LogP contribution in [0.15, 0.2) is 49.6 Å². The second-order valence-corrected chi connectivity index (χ2v) is 55.3. The summed E-state index contributed by atoms with van der Waals surface area (Å²) in [6.45, 7) is 50.2. The standard InChI is InChI=1S/C33H51NO3.2C30H47NO3.C29H46N2O/c1-20-15-30-31(34(19-20)14-6-7-22(3)35)23(4)33(37-30)13-11-26-27-9-8-24-16-25(36)10-12-32(24,5)29(27)17-28(26)21(2)18-33;2*1-17-12-27-28(31-16-17)19(3)30(34-27)11-9-23-24-7-6-21-13-22(33-20(4)32)8-10-29(21,5)26(24)14-25(23)18(2)15-30;1-17-12-26-27(31-16-17)19(3)29(32-26)11-9-22-23-7-6-20-13-21(30-5)8-10-28(20,4)25(23)14-24(22)18(2)15-29/h20,23-24,26-27,29-31H,6-19H2,1-5H3;2*17,19,21-24,26-28,31H,6-16H2,1-5H3;17,19-20,22-23,25-27,31H,6-16H2,1-5H3/t20-,23+,24+,26-,27-,29-,30+,31-,32-,33-;17-,19+,21+,22+,23-,24-,26-,27+,28-,29-,30-;17-,19+,21+,22-,23-,24-,26-,27+,28-,29-,30-;17-,19+,20+,22-,23-,25-,26+,27-,28-,29-/m0000/s1. The van der Waals surface area contributed by atoms with E-state index in [2.05, 4.69) is 137 Å². The molecule has 8 aliphatic heterocycles. The third kappa shape index (κ3) is 17.5. The summed E-state index contributed by atoms with van der Waals surface area (Å²) in [6.07, 6.45) is 52.9. The maximum absolute atomic E-state index is 12.3. The molecule has 0 radical (unpaired) electrons. The predicted molar refractivity (Wildman–Crippen MR) is 548 cm³/mol. The summed E-state index contributed by atoms with van der Waals surface area (Å²) in [5.74, 6) is 18.7. The Kier molecular flexibility index (Phi) is 27.7. The Morgan fingerprint density at radius 2 is 0.737 bits per heavy atom. The summed E-state index contributed by atoms with van der Waals surface area (Å²) < 4.78 is 39.7. The van der Waals surface area contributed by atoms with Crippen molar-refractivity contribution in [3.8, 4) is 0 Å². The van der Waals surface area contributed by atoms with Crippen molar-refractivity contribution < 1.29 is 47.6 Å². The van der Waals surface area contributed by atoms with Crippen molar-refractivity contribution in [2.24, 2.45) is 169 Å². The molecule has 4 spiro atoms. The number of nitrogens with one attached hydrogen (secondary N) is 3. The lowest BCUT2D eigenvalue weighted by atomic mass is 9.52. The maximum atomic E-state index is 12.3. The monoisotopic (exact) mass is 1890 g/mol. The number of esters is 2. The van der Waals surface area contributed by atoms with E-state index in [1.165, 1.54) is 205 Å². The molecule has 0 aromatic carbocycles. The SMILES string of the molecule is CC(=O)CCCN1C[C@@H](C)C[C@H]2O[C@]3(CC[C@@H]4C(=C(C)C3)C[C@H]3[C@H]4CC[C@@H]4CC(=O)CC[C@@]43C)[C@H](C)[C@@H]21.CC(=O)O[C@@H]1CC[C@@]2(C)[C@H](CC[C@H]3[C@@H]4CC[C@@]5(CC(C)=C4C[C@@H]32)O[C@@H]2C[C@H](C)CN[C@H]2[C@H]5C)C1.CC(=O)O[C@H]1CC[C@@]2(C)[C@H](CC[C@H]3[C@@H]4CC[C@@]5(CC(C)=C4C[C@@H]32)O[C@@H]2C[C@H](C)CN[C@H]2[C@H]5C)C1.CN=C1CC[C@@]2(C)[C@H](CC[C@H]3[C@@H]4CC[C@@]5(CC(C)=C4C[C@@H]32)O[C@@H]2C[C@H](C)CN[C@H]2[C@H]5C)C1. The van der Waals surface area contributed by atoms with Gasteiger partial charge in [-0.3, -0.25) is 24.3 Å². The van der Waals surface area contributed by atoms with E-state index in [9.17, 15) is 19.2 Å². The van der Waals surface area contributed by atoms with E-state index in [-0.39, 0.29) is 46.6 Å². The van der Waals surface area contributed by atoms with Gasteiger partial charge in [0.15, 0.2) is 0 Å². The minimum Gasteiger partial charge on any atom is -0.463 e. The highest BCUT2D eigenvalue weighted by atomic mass is 16.6. The first-order chi connectivity index (χ1) is 65.4. The van der Waals surface area contributed by atoms with Gasteiger partial charge in [-0.15, -0.1) is 0 Å². The molecule has 16 aliphatic carbocycles. The molecule has 8 saturated heterocycles. The van der Waals surface area contributed by atoms with Crippen molar-refractivity contribution in [3.63, 3.8) is 0 Å². The second-order valence-electron chi connectivity index (χ2n) is 55.3. The van der Waals surface area contributed by atoms with Gasteiger partial charge in [-0.25, -0.2) is 0 Å². The molecule has 0 aromatic heterocycles. The zero-order valence-electron chi connectivity index (χ0n) is 89.8. The summed E-state index contributed by atoms with van der Waals surface area (Å²) >= 11 is 0. The highest BCUT2D eigenvalue weighted by molar-refractivity contribution is 5.85. The Balaban J connectivity index is 0.000000109. The number of rotatable bonds is 6. The van der Waals surface area contributed by atoms with Crippen molar-refractivity contribution in [1.29, 1.82) is 0 Å². The van der Waals surface area contributed by atoms with Crippen molar-refractivity contribution in [2.45, 2.75) is 484 Å². The number of Topliss-reactive ketones (excluding diaryl/α,β-unsaturated/α-hetero) is 2. The number of fused-ring (bicyclic) bond motifs is 24. The molecular formula is C122H191N5O10. The number of hydrogen-bond acceptors (Lipinski definition) is 15. The second kappa shape index (κ2) is 38.1. The Morgan fingerprint density at radius 1 is 0.394 bits per heavy atom. The van der Waals surface area contributed by atoms with E-state index in [1.807, 2.05) is 23.8 Å². The highest BCUT2D eigenvalue weighted by Crippen LogP contribution is 2.72. The molecular weight excluding hydrogens is 1700 g/mol. The molecule has 0 amide bonds. The molecule has 3 N–H and O–H groups in total. The zero-order chi connectivity index (χ0) is 96.0. The van der Waals surface area contributed by atoms with Gasteiger partial charge in [0.05, 0.1) is 46.8 Å². The van der Waals surface area contributed by atoms with Crippen molar-refractivity contribution in [1.82, 2.24) is 20.9 Å². The van der Waals surface area contributed by atoms with Crippen LogP contribution in [-0.2, 0) is 47.6 Å². The Labute approximate surface area is 830 Å². The number of nitrogens with zero attached hydrogens (tertiary/aromatic N) is 2. The maximum Gasteiger partial charge on any atom is 0.302 e. The van der Waals surface area contributed by atoms with Gasteiger partial charge in [0.2, 0.25) is 0 Å². The van der Waals surface area contributed by atoms with E-state index in [0.29, 0.717) is 124 Å². The molecule has 24 aliphatic rings. The number of aliphatic imine (C=N–C) groups is 1. The van der Waals surface area contributed by atoms with E-state index >= 15 is 0 Å². The minimum atomic E-state index is -0.104. The van der Waals surface area contributed by atoms with Crippen molar-refractivity contribution >= 4 is 29.2 Å². The van der Waals surface area contributed by atoms with Crippen LogP contribution >= 0.6 is 0 Å². The van der Waals surface area contributed by atoms with E-state index in [4.69, 9.17) is 28.4 Å². The predicted octanol–water partition coefficient (Wildman–Crippen LogP) is 25.0. The lowest BCUT2D eigenvalue weighted by Gasteiger charge is -2.54. The van der Waals surface area contributed by atoms with Crippen LogP contribution in [0.5, 0.6) is 0 Å². The number of hydrogen-bond donors (Lipinski definition) is 3. The molecule has 42 atom stereocenters. The van der Waals surface area contributed by atoms with E-state index < -0.39 is 0 Å². The third-order valence-electron chi connectivity index (χ3n) is 48.3. The summed E-state index contributed by atoms with van der Waals surface area (Å²) in [6, 6.07) is 2.16. The van der Waals surface area contributed by atoms with Crippen LogP contribution in [0, 0.1) is 164 Å². The molecule has 15 nitrogen and oxygen atoms in total. The van der Waals surface area contributed by atoms with E-state index in [1.54, 1.807) is 48.6 Å². The summed E-state index contributed by atoms with van der Waals surface area (Å²) in [5.41, 5.74) is 17.4. The van der Waals surface area contributed by atoms with Crippen LogP contribution in [0.25, 0.3) is 0 Å². The first-order valence-corrected chi connectivity index (χ1v) is 58.6. The summed E-state index contributed by atoms with van der Waals surface area (Å²) in [4.78, 5) is 54.3. The molecule has 20 fully saturated rings. The number of ether oxygens (including phenoxy) is 6. The fourth-order valence-corrected chi connectivity index (χ4v) is 40.9. The topological polar surface area (TPSA) is 175 Å². The van der Waals surface area contributed by atoms with Crippen LogP contribution in [-0.4, -0.2) is 157 Å². The molecule has 0 aromatic rings. The molecule has 0 bridgehead atoms. The quantitative estimate of drug-likeness (QED) is 0.169. The number of likely N-dealkylation sites (tertiary alicyclic amines) is 1. The van der Waals surface area contributed by atoms with Gasteiger partial charge in [-0.2, -0.15) is 0 Å². The third-order valence-corrected chi connectivity index (χ3v) is 48.3. The zero-order valence-corrected chi connectivity index (χ0v) is 89.8. The van der Waals surface area contributed by atoms with Crippen LogP contribution in [0.3, 0.4) is 0 Å². The van der Waals surface area contributed by atoms with Crippen LogP contribution in [0.1, 0.15) is 401 Å². The van der Waals surface area contributed by atoms with Crippen LogP contribution < -0.4 is 16.0 Å². The molecule has 8 heterocycles. The number of carbonyl (C=O) groups is 4. The van der Waals surface area contributed by atoms with Crippen LogP contribution in [0.2, 0.25) is 0 Å². The Morgan fingerprint density at radius 3 is 1.11 bits per heavy atom. The first kappa shape index (κ1) is 99.6. The van der Waals surface area contributed by atoms with Crippen molar-refractivity contribution in [2.75, 3.05) is 39.8 Å². The Hall–Kier alpha value is -3.41. The van der Waals surface area contributed by atoms with Crippen molar-refractivity contribution in [3.05, 3.63) is 44.6 Å². The fraction of sp³-hybridized carbons (Fsp3) is 0.893. The highest BCUT2D eigenvalue weighted by Gasteiger charge is 2.67. The average molecular weight is 1890 g/mol. The van der Waals surface area contributed by atoms with E-state index in [0.717, 1.165) is 203 Å². The number of piperidine rings is 4. The summed E-state index contributed by atoms with van der Waals surface area (Å²) in [5, 5.41) is 11.6. The van der Waals surface area contributed by atoms with Gasteiger partial charge >= 0.3 is 11.9 Å². The summed E-state index contributed by atoms with van der Waals surface area (Å²) in [7, 11) is 2.01. The fourth-order valence-electron chi connectivity index (χ4n) is 40.9. The van der Waals surface area contributed by atoms with Gasteiger partial charge in [-0.1, -0.05) is 128 Å². The van der Waals surface area contributed by atoms with Crippen LogP contribution in [0.4, 0.5) is 0 Å². The first-order valence-electron chi connectivity index (χ1n) is 58.6. The molecule has 12 saturated carbocycles. The van der Waals surface area contributed by atoms with Gasteiger partial charge in [0, 0.05) is 100 Å². The minimum absolute atomic E-state index is 0.0203. The molecule has 137 heavy (non-hydrogen) atoms. The van der Waals surface area contributed by atoms with Gasteiger partial charge in [0.25, 0.3) is 0 Å². The molecule has 24 rings (SSSR count). The number of allylic oxidation sites excluding steroid dienone is 4. The lowest BCUT2D eigenvalue weighted by molar-refractivity contribution is -0.155. The van der Waals surface area contributed by atoms with Gasteiger partial charge < -0.3 is 49.2 Å². The molecule has 764 valence electrons. The number of carbonyl (C=O) groups excluding carboxylic acids is 4. The molecule has 15 heteroatoms. The average Bonchev–Trinajstić information content (AvgIpc) is 1.57.